The molecule has 2 rings (SSSR count). The van der Waals surface area contributed by atoms with Crippen LogP contribution in [0.25, 0.3) is 11.3 Å². The summed E-state index contributed by atoms with van der Waals surface area (Å²) in [4.78, 5) is 10.3. The van der Waals surface area contributed by atoms with Gasteiger partial charge in [-0.15, -0.1) is 0 Å². The van der Waals surface area contributed by atoms with Crippen LogP contribution in [-0.2, 0) is 13.6 Å². The van der Waals surface area contributed by atoms with Crippen molar-refractivity contribution in [1.82, 2.24) is 15.1 Å². The largest absolute Gasteiger partial charge is 0.389 e. The fraction of sp³-hybridized carbons (Fsp3) is 0.471. The molecular formula is C17H24N4O3. The van der Waals surface area contributed by atoms with Gasteiger partial charge in [0.15, 0.2) is 0 Å². The molecule has 1 heterocycles. The molecule has 0 spiro atoms. The van der Waals surface area contributed by atoms with Gasteiger partial charge >= 0.3 is 0 Å². The predicted octanol–water partition coefficient (Wildman–Crippen LogP) is 2.64. The van der Waals surface area contributed by atoms with Crippen LogP contribution in [0.3, 0.4) is 0 Å². The Bertz CT molecular complexity index is 690. The summed E-state index contributed by atoms with van der Waals surface area (Å²) in [6, 6.07) is 6.37. The number of aliphatic hydroxyl groups is 1. The highest BCUT2D eigenvalue weighted by molar-refractivity contribution is 5.64. The van der Waals surface area contributed by atoms with E-state index < -0.39 is 10.5 Å². The van der Waals surface area contributed by atoms with Gasteiger partial charge in [-0.1, -0.05) is 13.8 Å². The monoisotopic (exact) mass is 332 g/mol. The molecular weight excluding hydrogens is 308 g/mol. The fourth-order valence-corrected chi connectivity index (χ4v) is 2.58. The van der Waals surface area contributed by atoms with Crippen LogP contribution in [-0.4, -0.2) is 32.0 Å². The summed E-state index contributed by atoms with van der Waals surface area (Å²) in [5.41, 5.74) is 1.97. The van der Waals surface area contributed by atoms with E-state index in [1.165, 1.54) is 12.1 Å². The minimum absolute atomic E-state index is 0.0605. The standard InChI is InChI=1S/C17H24N4O3/c1-4-17(22,5-2)12-18-10-14-11-20(3)19-16(14)13-6-8-15(9-7-13)21(23)24/h6-9,11,18,22H,4-5,10,12H2,1-3H3. The van der Waals surface area contributed by atoms with Gasteiger partial charge in [-0.25, -0.2) is 0 Å². The second-order valence-electron chi connectivity index (χ2n) is 6.02. The normalized spacial score (nSPS) is 11.7. The fourth-order valence-electron chi connectivity index (χ4n) is 2.58. The van der Waals surface area contributed by atoms with Gasteiger partial charge in [0.2, 0.25) is 0 Å². The van der Waals surface area contributed by atoms with Gasteiger partial charge in [-0.3, -0.25) is 14.8 Å². The number of nitrogens with one attached hydrogen (secondary N) is 1. The van der Waals surface area contributed by atoms with Crippen molar-refractivity contribution >= 4 is 5.69 Å². The summed E-state index contributed by atoms with van der Waals surface area (Å²) < 4.78 is 1.72. The molecule has 1 aromatic heterocycles. The van der Waals surface area contributed by atoms with E-state index in [0.717, 1.165) is 16.8 Å². The summed E-state index contributed by atoms with van der Waals surface area (Å²) >= 11 is 0. The molecule has 2 aromatic rings. The topological polar surface area (TPSA) is 93.2 Å². The van der Waals surface area contributed by atoms with E-state index in [1.54, 1.807) is 16.8 Å². The zero-order valence-corrected chi connectivity index (χ0v) is 14.3. The number of aryl methyl sites for hydroxylation is 1. The van der Waals surface area contributed by atoms with Crippen molar-refractivity contribution in [2.75, 3.05) is 6.54 Å². The van der Waals surface area contributed by atoms with Crippen LogP contribution in [0.15, 0.2) is 30.5 Å². The van der Waals surface area contributed by atoms with Crippen molar-refractivity contribution in [2.24, 2.45) is 7.05 Å². The highest BCUT2D eigenvalue weighted by Gasteiger charge is 2.21. The Hall–Kier alpha value is -2.25. The van der Waals surface area contributed by atoms with Gasteiger partial charge in [0.1, 0.15) is 0 Å². The average Bonchev–Trinajstić information content (AvgIpc) is 2.95. The molecule has 7 heteroatoms. The minimum Gasteiger partial charge on any atom is -0.389 e. The lowest BCUT2D eigenvalue weighted by atomic mass is 9.97. The first-order chi connectivity index (χ1) is 11.4. The highest BCUT2D eigenvalue weighted by Crippen LogP contribution is 2.24. The Morgan fingerprint density at radius 2 is 1.92 bits per heavy atom. The minimum atomic E-state index is -0.699. The maximum atomic E-state index is 10.8. The third-order valence-corrected chi connectivity index (χ3v) is 4.34. The summed E-state index contributed by atoms with van der Waals surface area (Å²) in [6.07, 6.45) is 3.30. The van der Waals surface area contributed by atoms with E-state index in [0.29, 0.717) is 25.9 Å². The second-order valence-corrected chi connectivity index (χ2v) is 6.02. The molecule has 0 atom stereocenters. The summed E-state index contributed by atoms with van der Waals surface area (Å²) in [6.45, 7) is 5.02. The third kappa shape index (κ3) is 4.18. The van der Waals surface area contributed by atoms with Gasteiger partial charge in [-0.05, 0) is 25.0 Å². The smallest absolute Gasteiger partial charge is 0.269 e. The molecule has 1 aromatic carbocycles. The first-order valence-electron chi connectivity index (χ1n) is 8.09. The lowest BCUT2D eigenvalue weighted by Crippen LogP contribution is -2.39. The number of benzene rings is 1. The first-order valence-corrected chi connectivity index (χ1v) is 8.09. The number of hydrogen-bond donors (Lipinski definition) is 2. The Morgan fingerprint density at radius 3 is 2.46 bits per heavy atom. The molecule has 0 aliphatic carbocycles. The van der Waals surface area contributed by atoms with Crippen molar-refractivity contribution in [1.29, 1.82) is 0 Å². The van der Waals surface area contributed by atoms with Gasteiger partial charge in [0, 0.05) is 49.6 Å². The van der Waals surface area contributed by atoms with Crippen molar-refractivity contribution in [3.63, 3.8) is 0 Å². The lowest BCUT2D eigenvalue weighted by Gasteiger charge is -2.25. The summed E-state index contributed by atoms with van der Waals surface area (Å²) in [5.74, 6) is 0. The van der Waals surface area contributed by atoms with Crippen LogP contribution in [0.1, 0.15) is 32.3 Å². The van der Waals surface area contributed by atoms with E-state index in [2.05, 4.69) is 10.4 Å². The van der Waals surface area contributed by atoms with Crippen molar-refractivity contribution in [3.05, 3.63) is 46.1 Å². The predicted molar refractivity (Wildman–Crippen MR) is 92.5 cm³/mol. The number of nitro groups is 1. The lowest BCUT2D eigenvalue weighted by molar-refractivity contribution is -0.384. The molecule has 0 saturated carbocycles. The number of nitro benzene ring substituents is 1. The average molecular weight is 332 g/mol. The van der Waals surface area contributed by atoms with Gasteiger partial charge in [-0.2, -0.15) is 5.10 Å². The zero-order chi connectivity index (χ0) is 17.7. The maximum Gasteiger partial charge on any atom is 0.269 e. The van der Waals surface area contributed by atoms with Crippen LogP contribution >= 0.6 is 0 Å². The Morgan fingerprint density at radius 1 is 1.29 bits per heavy atom. The number of nitrogens with zero attached hydrogens (tertiary/aromatic N) is 3. The summed E-state index contributed by atoms with van der Waals surface area (Å²) in [7, 11) is 1.84. The number of hydrogen-bond acceptors (Lipinski definition) is 5. The molecule has 0 unspecified atom stereocenters. The molecule has 0 aliphatic heterocycles. The number of aromatic nitrogens is 2. The van der Waals surface area contributed by atoms with E-state index in [1.807, 2.05) is 27.1 Å². The maximum absolute atomic E-state index is 10.8. The number of rotatable bonds is 8. The third-order valence-electron chi connectivity index (χ3n) is 4.34. The van der Waals surface area contributed by atoms with E-state index >= 15 is 0 Å². The van der Waals surface area contributed by atoms with Crippen molar-refractivity contribution in [3.8, 4) is 11.3 Å². The molecule has 0 bridgehead atoms. The summed E-state index contributed by atoms with van der Waals surface area (Å²) in [5, 5.41) is 28.8. The van der Waals surface area contributed by atoms with E-state index in [4.69, 9.17) is 0 Å². The quantitative estimate of drug-likeness (QED) is 0.572. The number of non-ortho nitro benzene ring substituents is 1. The molecule has 0 radical (unpaired) electrons. The molecule has 0 aliphatic rings. The molecule has 0 fully saturated rings. The Kier molecular flexibility index (Phi) is 5.69. The first kappa shape index (κ1) is 18.1. The van der Waals surface area contributed by atoms with Gasteiger partial charge in [0.25, 0.3) is 5.69 Å². The molecule has 0 amide bonds. The van der Waals surface area contributed by atoms with Crippen LogP contribution in [0.5, 0.6) is 0 Å². The molecule has 7 nitrogen and oxygen atoms in total. The highest BCUT2D eigenvalue weighted by atomic mass is 16.6. The molecule has 24 heavy (non-hydrogen) atoms. The SMILES string of the molecule is CCC(O)(CC)CNCc1cn(C)nc1-c1ccc([N+](=O)[O-])cc1. The van der Waals surface area contributed by atoms with Crippen LogP contribution in [0.4, 0.5) is 5.69 Å². The molecule has 2 N–H and O–H groups in total. The Balaban J connectivity index is 2.14. The van der Waals surface area contributed by atoms with Gasteiger partial charge in [0.05, 0.1) is 16.2 Å². The second kappa shape index (κ2) is 7.55. The Labute approximate surface area is 141 Å². The van der Waals surface area contributed by atoms with Crippen LogP contribution in [0.2, 0.25) is 0 Å². The van der Waals surface area contributed by atoms with E-state index in [9.17, 15) is 15.2 Å². The van der Waals surface area contributed by atoms with Crippen molar-refractivity contribution in [2.45, 2.75) is 38.8 Å². The zero-order valence-electron chi connectivity index (χ0n) is 14.3. The molecule has 0 saturated heterocycles. The van der Waals surface area contributed by atoms with Crippen molar-refractivity contribution < 1.29 is 10.0 Å². The van der Waals surface area contributed by atoms with Crippen LogP contribution in [0, 0.1) is 10.1 Å². The van der Waals surface area contributed by atoms with E-state index in [-0.39, 0.29) is 5.69 Å². The molecule has 130 valence electrons. The van der Waals surface area contributed by atoms with Crippen LogP contribution < -0.4 is 5.32 Å². The van der Waals surface area contributed by atoms with Gasteiger partial charge < -0.3 is 10.4 Å².